The van der Waals surface area contributed by atoms with Gasteiger partial charge in [0.2, 0.25) is 5.91 Å². The first-order valence-corrected chi connectivity index (χ1v) is 9.26. The Kier molecular flexibility index (Phi) is 6.49. The van der Waals surface area contributed by atoms with Crippen LogP contribution in [-0.4, -0.2) is 42.6 Å². The monoisotopic (exact) mass is 334 g/mol. The molecule has 1 aromatic heterocycles. The van der Waals surface area contributed by atoms with Crippen molar-refractivity contribution in [2.75, 3.05) is 26.9 Å². The van der Waals surface area contributed by atoms with Crippen LogP contribution in [0.3, 0.4) is 0 Å². The van der Waals surface area contributed by atoms with Gasteiger partial charge < -0.3 is 4.90 Å². The van der Waals surface area contributed by atoms with Gasteiger partial charge in [-0.05, 0) is 42.4 Å². The van der Waals surface area contributed by atoms with Crippen LogP contribution in [0.4, 0.5) is 0 Å². The van der Waals surface area contributed by atoms with E-state index in [1.807, 2.05) is 25.5 Å². The number of carbonyl (C=O) groups excluding carboxylic acids is 1. The Morgan fingerprint density at radius 3 is 2.45 bits per heavy atom. The van der Waals surface area contributed by atoms with Gasteiger partial charge in [0.15, 0.2) is 0 Å². The Morgan fingerprint density at radius 2 is 1.86 bits per heavy atom. The molecule has 118 valence electrons. The fraction of sp³-hybridized carbons (Fsp3) is 0.353. The molecule has 0 fully saturated rings. The number of benzene rings is 1. The molecule has 1 aromatic carbocycles. The van der Waals surface area contributed by atoms with Crippen molar-refractivity contribution in [2.24, 2.45) is 0 Å². The van der Waals surface area contributed by atoms with Crippen molar-refractivity contribution in [3.63, 3.8) is 0 Å². The van der Waals surface area contributed by atoms with Gasteiger partial charge in [-0.1, -0.05) is 18.2 Å². The van der Waals surface area contributed by atoms with Gasteiger partial charge in [0.05, 0.1) is 13.1 Å². The highest BCUT2D eigenvalue weighted by atomic mass is 32.2. The summed E-state index contributed by atoms with van der Waals surface area (Å²) in [6, 6.07) is 12.6. The van der Waals surface area contributed by atoms with E-state index in [-0.39, 0.29) is 5.91 Å². The number of thiophene rings is 1. The van der Waals surface area contributed by atoms with Crippen LogP contribution in [0.5, 0.6) is 0 Å². The van der Waals surface area contributed by atoms with Crippen LogP contribution in [0.2, 0.25) is 0 Å². The number of hydrogen-bond acceptors (Lipinski definition) is 4. The summed E-state index contributed by atoms with van der Waals surface area (Å²) in [7, 11) is 3.85. The Bertz CT molecular complexity index is 581. The van der Waals surface area contributed by atoms with Crippen molar-refractivity contribution in [2.45, 2.75) is 18.0 Å². The van der Waals surface area contributed by atoms with Gasteiger partial charge >= 0.3 is 0 Å². The van der Waals surface area contributed by atoms with Crippen molar-refractivity contribution in [1.82, 2.24) is 9.80 Å². The number of nitrogens with zero attached hydrogens (tertiary/aromatic N) is 2. The first-order valence-electron chi connectivity index (χ1n) is 7.16. The van der Waals surface area contributed by atoms with Crippen molar-refractivity contribution < 1.29 is 4.79 Å². The lowest BCUT2D eigenvalue weighted by molar-refractivity contribution is -0.131. The predicted octanol–water partition coefficient (Wildman–Crippen LogP) is 3.56. The van der Waals surface area contributed by atoms with Gasteiger partial charge in [-0.15, -0.1) is 23.1 Å². The lowest BCUT2D eigenvalue weighted by Gasteiger charge is -2.21. The third-order valence-electron chi connectivity index (χ3n) is 3.42. The second-order valence-electron chi connectivity index (χ2n) is 5.35. The van der Waals surface area contributed by atoms with E-state index in [0.29, 0.717) is 13.1 Å². The highest BCUT2D eigenvalue weighted by molar-refractivity contribution is 7.98. The number of carbonyl (C=O) groups is 1. The quantitative estimate of drug-likeness (QED) is 0.723. The van der Waals surface area contributed by atoms with Crippen LogP contribution in [0.15, 0.2) is 46.7 Å². The van der Waals surface area contributed by atoms with Crippen LogP contribution >= 0.6 is 23.1 Å². The molecule has 0 radical (unpaired) electrons. The van der Waals surface area contributed by atoms with E-state index in [9.17, 15) is 4.79 Å². The van der Waals surface area contributed by atoms with Gasteiger partial charge in [0.1, 0.15) is 0 Å². The van der Waals surface area contributed by atoms with Crippen LogP contribution < -0.4 is 0 Å². The van der Waals surface area contributed by atoms with Crippen LogP contribution in [0, 0.1) is 0 Å². The average Bonchev–Trinajstić information content (AvgIpc) is 3.00. The SMILES string of the molecule is CSc1ccc(CN(C)CC(=O)N(C)Cc2cccs2)cc1. The maximum absolute atomic E-state index is 12.3. The molecule has 0 bridgehead atoms. The molecule has 0 N–H and O–H groups in total. The average molecular weight is 335 g/mol. The largest absolute Gasteiger partial charge is 0.340 e. The van der Waals surface area contributed by atoms with Gasteiger partial charge in [-0.25, -0.2) is 0 Å². The number of rotatable bonds is 7. The third-order valence-corrected chi connectivity index (χ3v) is 5.02. The lowest BCUT2D eigenvalue weighted by atomic mass is 10.2. The molecule has 0 aliphatic heterocycles. The topological polar surface area (TPSA) is 23.6 Å². The predicted molar refractivity (Wildman–Crippen MR) is 95.4 cm³/mol. The van der Waals surface area contributed by atoms with E-state index in [2.05, 4.69) is 41.5 Å². The van der Waals surface area contributed by atoms with Crippen LogP contribution in [0.25, 0.3) is 0 Å². The van der Waals surface area contributed by atoms with Crippen LogP contribution in [0.1, 0.15) is 10.4 Å². The Hall–Kier alpha value is -1.30. The van der Waals surface area contributed by atoms with E-state index in [0.717, 1.165) is 6.54 Å². The molecule has 2 rings (SSSR count). The summed E-state index contributed by atoms with van der Waals surface area (Å²) in [5, 5.41) is 2.04. The Labute approximate surface area is 140 Å². The van der Waals surface area contributed by atoms with Crippen molar-refractivity contribution >= 4 is 29.0 Å². The minimum absolute atomic E-state index is 0.150. The molecule has 0 unspecified atom stereocenters. The molecule has 5 heteroatoms. The zero-order chi connectivity index (χ0) is 15.9. The number of amides is 1. The summed E-state index contributed by atoms with van der Waals surface area (Å²) < 4.78 is 0. The molecule has 0 aliphatic carbocycles. The molecule has 2 aromatic rings. The van der Waals surface area contributed by atoms with Crippen molar-refractivity contribution in [1.29, 1.82) is 0 Å². The van der Waals surface area contributed by atoms with E-state index < -0.39 is 0 Å². The molecular formula is C17H22N2OS2. The summed E-state index contributed by atoms with van der Waals surface area (Å²) in [5.41, 5.74) is 1.23. The van der Waals surface area contributed by atoms with E-state index in [4.69, 9.17) is 0 Å². The van der Waals surface area contributed by atoms with Crippen molar-refractivity contribution in [3.8, 4) is 0 Å². The summed E-state index contributed by atoms with van der Waals surface area (Å²) in [6.07, 6.45) is 2.07. The number of likely N-dealkylation sites (N-methyl/N-ethyl adjacent to an activating group) is 2. The maximum atomic E-state index is 12.3. The second kappa shape index (κ2) is 8.36. The molecule has 0 aliphatic rings. The van der Waals surface area contributed by atoms with Gasteiger partial charge in [0, 0.05) is 23.4 Å². The smallest absolute Gasteiger partial charge is 0.236 e. The minimum Gasteiger partial charge on any atom is -0.340 e. The molecule has 1 amide bonds. The summed E-state index contributed by atoms with van der Waals surface area (Å²) in [4.78, 5) is 18.6. The van der Waals surface area contributed by atoms with Gasteiger partial charge in [0.25, 0.3) is 0 Å². The molecule has 0 saturated heterocycles. The molecular weight excluding hydrogens is 312 g/mol. The lowest BCUT2D eigenvalue weighted by Crippen LogP contribution is -2.35. The fourth-order valence-corrected chi connectivity index (χ4v) is 3.34. The second-order valence-corrected chi connectivity index (χ2v) is 7.26. The molecule has 3 nitrogen and oxygen atoms in total. The Morgan fingerprint density at radius 1 is 1.14 bits per heavy atom. The molecule has 22 heavy (non-hydrogen) atoms. The normalized spacial score (nSPS) is 10.9. The van der Waals surface area contributed by atoms with Crippen LogP contribution in [-0.2, 0) is 17.9 Å². The highest BCUT2D eigenvalue weighted by Gasteiger charge is 2.12. The first-order chi connectivity index (χ1) is 10.6. The zero-order valence-electron chi connectivity index (χ0n) is 13.3. The van der Waals surface area contributed by atoms with Gasteiger partial charge in [-0.2, -0.15) is 0 Å². The summed E-state index contributed by atoms with van der Waals surface area (Å²) in [5.74, 6) is 0.150. The first kappa shape index (κ1) is 17.1. The molecule has 1 heterocycles. The zero-order valence-corrected chi connectivity index (χ0v) is 14.9. The molecule has 0 saturated carbocycles. The van der Waals surface area contributed by atoms with Crippen molar-refractivity contribution in [3.05, 3.63) is 52.2 Å². The summed E-state index contributed by atoms with van der Waals surface area (Å²) >= 11 is 3.42. The summed E-state index contributed by atoms with van der Waals surface area (Å²) in [6.45, 7) is 1.91. The maximum Gasteiger partial charge on any atom is 0.236 e. The highest BCUT2D eigenvalue weighted by Crippen LogP contribution is 2.16. The standard InChI is InChI=1S/C17H22N2OS2/c1-18(11-14-6-8-15(21-3)9-7-14)13-17(20)19(2)12-16-5-4-10-22-16/h4-10H,11-13H2,1-3H3. The fourth-order valence-electron chi connectivity index (χ4n) is 2.17. The van der Waals surface area contributed by atoms with Gasteiger partial charge in [-0.3, -0.25) is 9.69 Å². The van der Waals surface area contributed by atoms with E-state index in [1.54, 1.807) is 28.0 Å². The third kappa shape index (κ3) is 5.16. The molecule has 0 spiro atoms. The van der Waals surface area contributed by atoms with E-state index >= 15 is 0 Å². The minimum atomic E-state index is 0.150. The molecule has 0 atom stereocenters. The number of hydrogen-bond donors (Lipinski definition) is 0. The Balaban J connectivity index is 1.82. The number of thioether (sulfide) groups is 1. The van der Waals surface area contributed by atoms with E-state index in [1.165, 1.54) is 15.3 Å².